The molecule has 1 amide bonds. The Kier molecular flexibility index (Phi) is 5.60. The fraction of sp³-hybridized carbons (Fsp3) is 0.462. The maximum absolute atomic E-state index is 13.7. The Morgan fingerprint density at radius 1 is 1.45 bits per heavy atom. The van der Waals surface area contributed by atoms with Crippen molar-refractivity contribution in [2.75, 3.05) is 17.4 Å². The van der Waals surface area contributed by atoms with E-state index in [1.807, 2.05) is 6.07 Å². The summed E-state index contributed by atoms with van der Waals surface area (Å²) in [7, 11) is 0. The van der Waals surface area contributed by atoms with Gasteiger partial charge in [0.2, 0.25) is 5.91 Å². The minimum absolute atomic E-state index is 0. The second-order valence-electron chi connectivity index (χ2n) is 4.63. The predicted molar refractivity (Wildman–Crippen MR) is 84.1 cm³/mol. The molecule has 0 bridgehead atoms. The predicted octanol–water partition coefficient (Wildman–Crippen LogP) is 2.56. The number of carbonyl (C=O) groups is 1. The third-order valence-electron chi connectivity index (χ3n) is 3.38. The topological polar surface area (TPSA) is 41.1 Å². The third-order valence-corrected chi connectivity index (χ3v) is 5.47. The number of benzene rings is 1. The van der Waals surface area contributed by atoms with Gasteiger partial charge in [0.05, 0.1) is 12.1 Å². The highest BCUT2D eigenvalue weighted by molar-refractivity contribution is 7.99. The number of fused-ring (bicyclic) bond motifs is 1. The summed E-state index contributed by atoms with van der Waals surface area (Å²) in [5.41, 5.74) is 0.912. The van der Waals surface area contributed by atoms with Crippen LogP contribution in [0.25, 0.3) is 0 Å². The van der Waals surface area contributed by atoms with Crippen molar-refractivity contribution < 1.29 is 9.18 Å². The van der Waals surface area contributed by atoms with Crippen LogP contribution in [0.3, 0.4) is 0 Å². The molecule has 2 unspecified atom stereocenters. The van der Waals surface area contributed by atoms with Crippen molar-refractivity contribution in [1.29, 1.82) is 0 Å². The van der Waals surface area contributed by atoms with Crippen LogP contribution in [0.2, 0.25) is 0 Å². The van der Waals surface area contributed by atoms with E-state index in [0.29, 0.717) is 4.90 Å². The molecule has 0 aliphatic carbocycles. The van der Waals surface area contributed by atoms with Crippen LogP contribution in [0, 0.1) is 5.82 Å². The first-order valence-electron chi connectivity index (χ1n) is 6.28. The molecule has 0 radical (unpaired) electrons. The molecule has 0 spiro atoms. The Balaban J connectivity index is 0.00000147. The first kappa shape index (κ1) is 15.9. The highest BCUT2D eigenvalue weighted by atomic mass is 35.5. The number of thioether (sulfide) groups is 2. The van der Waals surface area contributed by atoms with E-state index in [4.69, 9.17) is 0 Å². The molecule has 20 heavy (non-hydrogen) atoms. The molecule has 3 rings (SSSR count). The minimum Gasteiger partial charge on any atom is -0.348 e. The Labute approximate surface area is 132 Å². The molecular formula is C13H16ClFN2OS2. The van der Waals surface area contributed by atoms with E-state index in [1.165, 1.54) is 17.8 Å². The fourth-order valence-corrected chi connectivity index (χ4v) is 4.45. The number of hydrogen-bond donors (Lipinski definition) is 2. The Bertz CT molecular complexity index is 497. The molecule has 2 aliphatic heterocycles. The largest absolute Gasteiger partial charge is 0.348 e. The van der Waals surface area contributed by atoms with Crippen LogP contribution in [0.5, 0.6) is 0 Å². The zero-order valence-electron chi connectivity index (χ0n) is 10.7. The molecule has 2 aliphatic rings. The van der Waals surface area contributed by atoms with Gasteiger partial charge in [-0.25, -0.2) is 4.39 Å². The van der Waals surface area contributed by atoms with Gasteiger partial charge in [-0.15, -0.1) is 35.9 Å². The van der Waals surface area contributed by atoms with Gasteiger partial charge in [-0.2, -0.15) is 0 Å². The average Bonchev–Trinajstić information content (AvgIpc) is 2.94. The number of carbonyl (C=O) groups excluding carboxylic acids is 1. The molecular weight excluding hydrogens is 319 g/mol. The third kappa shape index (κ3) is 3.24. The van der Waals surface area contributed by atoms with Crippen LogP contribution in [0.15, 0.2) is 23.1 Å². The number of nitrogens with one attached hydrogen (secondary N) is 2. The second-order valence-corrected chi connectivity index (χ2v) is 6.76. The summed E-state index contributed by atoms with van der Waals surface area (Å²) < 4.78 is 13.7. The lowest BCUT2D eigenvalue weighted by Gasteiger charge is -2.27. The van der Waals surface area contributed by atoms with Gasteiger partial charge in [0.1, 0.15) is 5.82 Å². The molecule has 0 saturated carbocycles. The Morgan fingerprint density at radius 3 is 3.05 bits per heavy atom. The molecule has 1 aromatic rings. The van der Waals surface area contributed by atoms with Gasteiger partial charge < -0.3 is 5.32 Å². The van der Waals surface area contributed by atoms with E-state index >= 15 is 0 Å². The van der Waals surface area contributed by atoms with E-state index in [2.05, 4.69) is 10.6 Å². The van der Waals surface area contributed by atoms with Crippen LogP contribution < -0.4 is 10.6 Å². The van der Waals surface area contributed by atoms with Gasteiger partial charge in [-0.05, 0) is 18.1 Å². The standard InChI is InChI=1S/C13H15FN2OS2.ClH/c14-9-3-1-2-8-10(4-5-19-12(8)9)16-13(17)11-6-18-7-15-11;/h1-3,10-11,15H,4-7H2,(H,16,17);1H. The highest BCUT2D eigenvalue weighted by Gasteiger charge is 2.28. The summed E-state index contributed by atoms with van der Waals surface area (Å²) in [6.07, 6.45) is 0.854. The SMILES string of the molecule is Cl.O=C(NC1CCSc2c(F)cccc21)C1CSCN1. The van der Waals surface area contributed by atoms with Crippen molar-refractivity contribution in [3.8, 4) is 0 Å². The molecule has 1 saturated heterocycles. The van der Waals surface area contributed by atoms with Crippen LogP contribution in [0.1, 0.15) is 18.0 Å². The Hall–Kier alpha value is -0.430. The van der Waals surface area contributed by atoms with E-state index in [0.717, 1.165) is 29.4 Å². The summed E-state index contributed by atoms with van der Waals surface area (Å²) in [6.45, 7) is 0. The summed E-state index contributed by atoms with van der Waals surface area (Å²) in [5.74, 6) is 2.31. The molecule has 1 aromatic carbocycles. The highest BCUT2D eigenvalue weighted by Crippen LogP contribution is 2.37. The van der Waals surface area contributed by atoms with Crippen molar-refractivity contribution >= 4 is 41.8 Å². The molecule has 2 atom stereocenters. The lowest BCUT2D eigenvalue weighted by molar-refractivity contribution is -0.123. The zero-order chi connectivity index (χ0) is 13.2. The van der Waals surface area contributed by atoms with E-state index < -0.39 is 0 Å². The lowest BCUT2D eigenvalue weighted by atomic mass is 10.0. The van der Waals surface area contributed by atoms with Gasteiger partial charge in [0, 0.05) is 22.3 Å². The normalized spacial score (nSPS) is 24.6. The summed E-state index contributed by atoms with van der Waals surface area (Å²) >= 11 is 3.26. The van der Waals surface area contributed by atoms with E-state index in [1.54, 1.807) is 17.8 Å². The molecule has 1 fully saturated rings. The number of halogens is 2. The molecule has 3 nitrogen and oxygen atoms in total. The quantitative estimate of drug-likeness (QED) is 0.872. The van der Waals surface area contributed by atoms with Gasteiger partial charge in [0.15, 0.2) is 0 Å². The summed E-state index contributed by atoms with van der Waals surface area (Å²) in [4.78, 5) is 12.8. The molecule has 2 N–H and O–H groups in total. The van der Waals surface area contributed by atoms with Gasteiger partial charge >= 0.3 is 0 Å². The number of amides is 1. The first-order valence-corrected chi connectivity index (χ1v) is 8.42. The number of hydrogen-bond acceptors (Lipinski definition) is 4. The smallest absolute Gasteiger partial charge is 0.238 e. The fourth-order valence-electron chi connectivity index (χ4n) is 2.37. The maximum atomic E-state index is 13.7. The van der Waals surface area contributed by atoms with Crippen LogP contribution in [-0.2, 0) is 4.79 Å². The van der Waals surface area contributed by atoms with Crippen molar-refractivity contribution in [2.24, 2.45) is 0 Å². The van der Waals surface area contributed by atoms with Gasteiger partial charge in [-0.1, -0.05) is 12.1 Å². The van der Waals surface area contributed by atoms with E-state index in [-0.39, 0.29) is 36.2 Å². The first-order chi connectivity index (χ1) is 9.25. The molecule has 7 heteroatoms. The van der Waals surface area contributed by atoms with Crippen molar-refractivity contribution in [3.05, 3.63) is 29.6 Å². The van der Waals surface area contributed by atoms with Gasteiger partial charge in [0.25, 0.3) is 0 Å². The molecule has 110 valence electrons. The van der Waals surface area contributed by atoms with Crippen LogP contribution >= 0.6 is 35.9 Å². The van der Waals surface area contributed by atoms with Gasteiger partial charge in [-0.3, -0.25) is 10.1 Å². The summed E-state index contributed by atoms with van der Waals surface area (Å²) in [6, 6.07) is 4.92. The van der Waals surface area contributed by atoms with Crippen molar-refractivity contribution in [2.45, 2.75) is 23.4 Å². The zero-order valence-corrected chi connectivity index (χ0v) is 13.2. The summed E-state index contributed by atoms with van der Waals surface area (Å²) in [5, 5.41) is 6.20. The second kappa shape index (κ2) is 7.02. The number of rotatable bonds is 2. The van der Waals surface area contributed by atoms with Crippen LogP contribution in [-0.4, -0.2) is 29.3 Å². The van der Waals surface area contributed by atoms with Crippen molar-refractivity contribution in [1.82, 2.24) is 10.6 Å². The van der Waals surface area contributed by atoms with Crippen LogP contribution in [0.4, 0.5) is 4.39 Å². The monoisotopic (exact) mass is 334 g/mol. The minimum atomic E-state index is -0.184. The Morgan fingerprint density at radius 2 is 2.30 bits per heavy atom. The maximum Gasteiger partial charge on any atom is 0.238 e. The lowest BCUT2D eigenvalue weighted by Crippen LogP contribution is -2.44. The average molecular weight is 335 g/mol. The molecule has 2 heterocycles. The van der Waals surface area contributed by atoms with E-state index in [9.17, 15) is 9.18 Å². The van der Waals surface area contributed by atoms with Crippen molar-refractivity contribution in [3.63, 3.8) is 0 Å². The molecule has 0 aromatic heterocycles.